The van der Waals surface area contributed by atoms with Crippen molar-refractivity contribution in [3.8, 4) is 0 Å². The normalized spacial score (nSPS) is 5.40. The summed E-state index contributed by atoms with van der Waals surface area (Å²) < 4.78 is 0. The van der Waals surface area contributed by atoms with Crippen LogP contribution in [0.5, 0.6) is 0 Å². The molecule has 0 amide bonds. The van der Waals surface area contributed by atoms with Crippen LogP contribution in [0.15, 0.2) is 0 Å². The van der Waals surface area contributed by atoms with Gasteiger partial charge in [-0.3, -0.25) is 0 Å². The van der Waals surface area contributed by atoms with Gasteiger partial charge in [-0.2, -0.15) is 0 Å². The second-order valence-corrected chi connectivity index (χ2v) is 15.1. The van der Waals surface area contributed by atoms with Gasteiger partial charge in [0.1, 0.15) is 6.29 Å². The number of aldehydes is 1. The Morgan fingerprint density at radius 3 is 1.80 bits per heavy atom. The first-order chi connectivity index (χ1) is 4.83. The molecule has 10 heavy (non-hydrogen) atoms. The van der Waals surface area contributed by atoms with Gasteiger partial charge in [-0.1, -0.05) is 6.92 Å². The Balaban J connectivity index is -0.0000000847. The fourth-order valence-electron chi connectivity index (χ4n) is 0.118. The Kier molecular flexibility index (Phi) is 54.9. The van der Waals surface area contributed by atoms with Crippen LogP contribution in [0.2, 0.25) is 0 Å². The summed E-state index contributed by atoms with van der Waals surface area (Å²) in [5.41, 5.74) is 0. The predicted octanol–water partition coefficient (Wildman–Crippen LogP) is 3.14. The molecule has 0 aromatic rings. The zero-order valence-corrected chi connectivity index (χ0v) is 14.0. The summed E-state index contributed by atoms with van der Waals surface area (Å²) in [5, 5.41) is 0. The van der Waals surface area contributed by atoms with Gasteiger partial charge in [0.05, 0.1) is 0 Å². The van der Waals surface area contributed by atoms with Gasteiger partial charge in [-0.05, 0) is 6.42 Å². The molecule has 54 valence electrons. The first kappa shape index (κ1) is 18.2. The standard InChI is InChI=1S/C4H8O.3BrH.Li.Zn/c1-2-3-4-5;;;;;/h4H,2-3H2,1H3;3*1H;;/q;;;;+1;+2/p-3. The zero-order chi connectivity index (χ0) is 8.83. The fraction of sp³-hybridized carbons (Fsp3) is 0.750. The maximum absolute atomic E-state index is 9.40. The molecule has 0 aromatic heterocycles. The van der Waals surface area contributed by atoms with E-state index in [0.717, 1.165) is 12.7 Å². The average molecular weight is 384 g/mol. The third-order valence-electron chi connectivity index (χ3n) is 0.407. The third kappa shape index (κ3) is 48.0. The number of rotatable bonds is 2. The summed E-state index contributed by atoms with van der Waals surface area (Å²) in [6.45, 7) is 1.98. The molecule has 0 saturated heterocycles. The molecule has 6 heteroatoms. The minimum atomic E-state index is -0.250. The van der Waals surface area contributed by atoms with E-state index in [4.69, 9.17) is 0 Å². The van der Waals surface area contributed by atoms with Crippen molar-refractivity contribution in [1.29, 1.82) is 0 Å². The topological polar surface area (TPSA) is 17.1 Å². The Morgan fingerprint density at radius 1 is 1.50 bits per heavy atom. The van der Waals surface area contributed by atoms with Crippen molar-refractivity contribution in [1.82, 2.24) is 0 Å². The SMILES string of the molecule is CCCC=O.[Br][Zn][Br].[Li][Br]. The van der Waals surface area contributed by atoms with Crippen LogP contribution in [0, 0.1) is 0 Å². The molecule has 0 saturated carbocycles. The van der Waals surface area contributed by atoms with Crippen LogP contribution in [0.4, 0.5) is 0 Å². The first-order valence-electron chi connectivity index (χ1n) is 2.76. The van der Waals surface area contributed by atoms with Crippen molar-refractivity contribution in [3.05, 3.63) is 0 Å². The Bertz CT molecular complexity index is 49.5. The van der Waals surface area contributed by atoms with Crippen LogP contribution < -0.4 is 0 Å². The van der Waals surface area contributed by atoms with Crippen LogP contribution in [0.3, 0.4) is 0 Å². The van der Waals surface area contributed by atoms with Crippen molar-refractivity contribution in [2.75, 3.05) is 0 Å². The minimum absolute atomic E-state index is 0.250. The van der Waals surface area contributed by atoms with E-state index in [2.05, 4.69) is 41.0 Å². The van der Waals surface area contributed by atoms with Gasteiger partial charge in [0.25, 0.3) is 0 Å². The molecular weight excluding hydrogens is 376 g/mol. The molecule has 0 fully saturated rings. The predicted molar refractivity (Wildman–Crippen MR) is 53.5 cm³/mol. The van der Waals surface area contributed by atoms with Gasteiger partial charge in [0.15, 0.2) is 0 Å². The Morgan fingerprint density at radius 2 is 1.80 bits per heavy atom. The van der Waals surface area contributed by atoms with Crippen LogP contribution in [-0.2, 0) is 18.0 Å². The molecule has 0 heterocycles. The van der Waals surface area contributed by atoms with Crippen molar-refractivity contribution in [2.45, 2.75) is 19.8 Å². The monoisotopic (exact) mass is 380 g/mol. The van der Waals surface area contributed by atoms with Crippen LogP contribution >= 0.6 is 41.0 Å². The van der Waals surface area contributed by atoms with Crippen LogP contribution in [0.25, 0.3) is 0 Å². The first-order valence-corrected chi connectivity index (χ1v) is 18.2. The Hall–Kier alpha value is 2.33. The summed E-state index contributed by atoms with van der Waals surface area (Å²) in [6, 6.07) is 0. The summed E-state index contributed by atoms with van der Waals surface area (Å²) >= 11 is 11.0. The molecule has 0 atom stereocenters. The molecule has 0 unspecified atom stereocenters. The number of halogens is 3. The number of carbonyl (C=O) groups excluding carboxylic acids is 1. The number of carbonyl (C=O) groups is 1. The van der Waals surface area contributed by atoms with Gasteiger partial charge >= 0.3 is 70.0 Å². The van der Waals surface area contributed by atoms with E-state index in [-0.39, 0.29) is 13.2 Å². The van der Waals surface area contributed by atoms with Gasteiger partial charge in [-0.15, -0.1) is 0 Å². The summed E-state index contributed by atoms with van der Waals surface area (Å²) in [7, 11) is 0. The average Bonchev–Trinajstić information content (AvgIpc) is 1.96. The fourth-order valence-corrected chi connectivity index (χ4v) is 0.118. The molecule has 0 radical (unpaired) electrons. The van der Waals surface area contributed by atoms with E-state index in [1.807, 2.05) is 22.7 Å². The molecule has 0 spiro atoms. The Labute approximate surface area is 99.4 Å². The van der Waals surface area contributed by atoms with E-state index in [1.165, 1.54) is 0 Å². The quantitative estimate of drug-likeness (QED) is 0.528. The summed E-state index contributed by atoms with van der Waals surface area (Å²) in [4.78, 5) is 9.40. The van der Waals surface area contributed by atoms with Crippen LogP contribution in [-0.4, -0.2) is 22.1 Å². The molecule has 0 bridgehead atoms. The van der Waals surface area contributed by atoms with Gasteiger partial charge in [0, 0.05) is 6.42 Å². The van der Waals surface area contributed by atoms with Gasteiger partial charge in [0.2, 0.25) is 0 Å². The van der Waals surface area contributed by atoms with E-state index in [9.17, 15) is 4.79 Å². The number of hydrogen-bond acceptors (Lipinski definition) is 1. The second kappa shape index (κ2) is 30.2. The maximum atomic E-state index is 9.40. The molecule has 0 rings (SSSR count). The van der Waals surface area contributed by atoms with E-state index in [1.54, 1.807) is 0 Å². The molecular formula is C4H8Br3LiOZn. The zero-order valence-electron chi connectivity index (χ0n) is 6.24. The van der Waals surface area contributed by atoms with E-state index < -0.39 is 0 Å². The third-order valence-corrected chi connectivity index (χ3v) is 0.407. The van der Waals surface area contributed by atoms with Crippen molar-refractivity contribution >= 4 is 63.1 Å². The van der Waals surface area contributed by atoms with E-state index in [0.29, 0.717) is 6.42 Å². The van der Waals surface area contributed by atoms with Gasteiger partial charge < -0.3 is 4.79 Å². The molecule has 0 aliphatic carbocycles. The second-order valence-electron chi connectivity index (χ2n) is 1.06. The van der Waals surface area contributed by atoms with Crippen molar-refractivity contribution < 1.29 is 18.0 Å². The molecule has 1 nitrogen and oxygen atoms in total. The summed E-state index contributed by atoms with van der Waals surface area (Å²) in [5.74, 6) is 0. The van der Waals surface area contributed by atoms with Crippen molar-refractivity contribution in [2.24, 2.45) is 0 Å². The van der Waals surface area contributed by atoms with Crippen LogP contribution in [0.1, 0.15) is 19.8 Å². The molecule has 0 aliphatic heterocycles. The molecule has 0 aromatic carbocycles. The number of hydrogen-bond donors (Lipinski definition) is 0. The van der Waals surface area contributed by atoms with Crippen molar-refractivity contribution in [3.63, 3.8) is 0 Å². The number of unbranched alkanes of at least 4 members (excludes halogenated alkanes) is 1. The van der Waals surface area contributed by atoms with E-state index >= 15 is 0 Å². The molecule has 0 N–H and O–H groups in total. The molecule has 0 aliphatic rings. The van der Waals surface area contributed by atoms with Gasteiger partial charge in [-0.25, -0.2) is 0 Å². The summed E-state index contributed by atoms with van der Waals surface area (Å²) in [6.07, 6.45) is 2.61.